The van der Waals surface area contributed by atoms with Crippen molar-refractivity contribution in [1.82, 2.24) is 0 Å². The second kappa shape index (κ2) is 15.6. The van der Waals surface area contributed by atoms with E-state index in [2.05, 4.69) is 0 Å². The van der Waals surface area contributed by atoms with Gasteiger partial charge >= 0.3 is 23.9 Å². The van der Waals surface area contributed by atoms with Crippen LogP contribution in [0, 0.1) is 0 Å². The van der Waals surface area contributed by atoms with Gasteiger partial charge in [-0.2, -0.15) is 0 Å². The monoisotopic (exact) mass is 372 g/mol. The maximum absolute atomic E-state index is 10.2. The van der Waals surface area contributed by atoms with E-state index in [9.17, 15) is 19.2 Å². The number of carboxylic acids is 4. The Morgan fingerprint density at radius 3 is 0.923 bits per heavy atom. The average molecular weight is 372 g/mol. The molecule has 0 aromatic heterocycles. The first-order valence-electron chi connectivity index (χ1n) is 7.74. The molecule has 8 heteroatoms. The molecular formula is C18H28O8. The molecule has 0 saturated heterocycles. The highest BCUT2D eigenvalue weighted by atomic mass is 16.4. The van der Waals surface area contributed by atoms with Crippen LogP contribution in [0.2, 0.25) is 0 Å². The summed E-state index contributed by atoms with van der Waals surface area (Å²) in [5.74, 6) is -4.14. The molecule has 0 rings (SSSR count). The van der Waals surface area contributed by atoms with Crippen molar-refractivity contribution in [2.75, 3.05) is 0 Å². The maximum Gasteiger partial charge on any atom is 0.331 e. The van der Waals surface area contributed by atoms with Gasteiger partial charge in [-0.15, -0.1) is 0 Å². The Morgan fingerprint density at radius 1 is 0.615 bits per heavy atom. The lowest BCUT2D eigenvalue weighted by atomic mass is 10.1. The predicted molar refractivity (Wildman–Crippen MR) is 97.0 cm³/mol. The number of rotatable bonds is 6. The number of carbonyl (C=O) groups is 4. The fourth-order valence-electron chi connectivity index (χ4n) is 1.04. The van der Waals surface area contributed by atoms with Crippen LogP contribution in [0.15, 0.2) is 34.4 Å². The normalized spacial score (nSPS) is 11.8. The van der Waals surface area contributed by atoms with Crippen LogP contribution >= 0.6 is 0 Å². The van der Waals surface area contributed by atoms with Crippen molar-refractivity contribution in [3.63, 3.8) is 0 Å². The molecule has 0 heterocycles. The number of allylic oxidation sites excluding steroid dienone is 2. The van der Waals surface area contributed by atoms with Crippen LogP contribution < -0.4 is 0 Å². The van der Waals surface area contributed by atoms with Gasteiger partial charge in [-0.3, -0.25) is 0 Å². The molecule has 0 saturated carbocycles. The fourth-order valence-corrected chi connectivity index (χ4v) is 1.04. The van der Waals surface area contributed by atoms with Crippen molar-refractivity contribution in [3.8, 4) is 0 Å². The minimum absolute atomic E-state index is 0.470. The molecule has 8 nitrogen and oxygen atoms in total. The van der Waals surface area contributed by atoms with Crippen molar-refractivity contribution in [2.45, 2.75) is 54.4 Å². The van der Waals surface area contributed by atoms with Gasteiger partial charge < -0.3 is 20.4 Å². The molecule has 0 radical (unpaired) electrons. The summed E-state index contributed by atoms with van der Waals surface area (Å²) in [6.45, 7) is 10.8. The Bertz CT molecular complexity index is 542. The van der Waals surface area contributed by atoms with Gasteiger partial charge in [-0.1, -0.05) is 25.0 Å². The summed E-state index contributed by atoms with van der Waals surface area (Å²) in [7, 11) is 0. The highest BCUT2D eigenvalue weighted by Gasteiger charge is 2.02. The molecule has 26 heavy (non-hydrogen) atoms. The molecule has 0 amide bonds. The van der Waals surface area contributed by atoms with Gasteiger partial charge in [0.2, 0.25) is 0 Å². The predicted octanol–water partition coefficient (Wildman–Crippen LogP) is 3.35. The Morgan fingerprint density at radius 2 is 0.846 bits per heavy atom. The summed E-state index contributed by atoms with van der Waals surface area (Å²) < 4.78 is 0. The van der Waals surface area contributed by atoms with Crippen LogP contribution in [0.4, 0.5) is 0 Å². The number of hydrogen-bond acceptors (Lipinski definition) is 4. The standard InChI is InChI=1S/2C7H12O2.C4H4O4/c2*1-4-5(2)6(3)7(8)9;5-3(6)1-2-4(7)8/h2*4H2,1-3H3,(H,8,9);1-2H,(H,5,6)(H,7,8). The number of carboxylic acid groups (broad SMARTS) is 4. The van der Waals surface area contributed by atoms with E-state index < -0.39 is 23.9 Å². The van der Waals surface area contributed by atoms with Gasteiger partial charge in [-0.25, -0.2) is 19.2 Å². The molecule has 148 valence electrons. The Hall–Kier alpha value is -2.90. The van der Waals surface area contributed by atoms with Crippen LogP contribution in [-0.2, 0) is 19.2 Å². The zero-order chi connectivity index (χ0) is 21.4. The third-order valence-electron chi connectivity index (χ3n) is 3.35. The van der Waals surface area contributed by atoms with E-state index in [1.165, 1.54) is 0 Å². The third-order valence-corrected chi connectivity index (χ3v) is 3.35. The molecule has 0 bridgehead atoms. The van der Waals surface area contributed by atoms with E-state index in [0.717, 1.165) is 24.0 Å². The topological polar surface area (TPSA) is 149 Å². The zero-order valence-corrected chi connectivity index (χ0v) is 16.0. The van der Waals surface area contributed by atoms with Gasteiger partial charge in [0.15, 0.2) is 0 Å². The summed E-state index contributed by atoms with van der Waals surface area (Å²) >= 11 is 0. The molecule has 0 aliphatic heterocycles. The Kier molecular flexibility index (Phi) is 16.8. The summed E-state index contributed by atoms with van der Waals surface area (Å²) in [5.41, 5.74) is 2.83. The third kappa shape index (κ3) is 17.5. The number of hydrogen-bond donors (Lipinski definition) is 4. The summed E-state index contributed by atoms with van der Waals surface area (Å²) in [6, 6.07) is 0. The molecule has 0 unspecified atom stereocenters. The van der Waals surface area contributed by atoms with Crippen LogP contribution in [0.25, 0.3) is 0 Å². The largest absolute Gasteiger partial charge is 0.478 e. The summed E-state index contributed by atoms with van der Waals surface area (Å²) in [4.78, 5) is 39.6. The highest BCUT2D eigenvalue weighted by molar-refractivity contribution is 5.89. The van der Waals surface area contributed by atoms with E-state index in [-0.39, 0.29) is 0 Å². The average Bonchev–Trinajstić information content (AvgIpc) is 2.57. The van der Waals surface area contributed by atoms with Gasteiger partial charge in [-0.05, 0) is 40.5 Å². The maximum atomic E-state index is 10.2. The van der Waals surface area contributed by atoms with Crippen LogP contribution in [0.5, 0.6) is 0 Å². The highest BCUT2D eigenvalue weighted by Crippen LogP contribution is 2.06. The van der Waals surface area contributed by atoms with E-state index in [1.807, 2.05) is 27.7 Å². The molecule has 0 aromatic rings. The molecule has 0 atom stereocenters. The van der Waals surface area contributed by atoms with E-state index in [4.69, 9.17) is 20.4 Å². The van der Waals surface area contributed by atoms with Gasteiger partial charge in [0, 0.05) is 23.3 Å². The van der Waals surface area contributed by atoms with Crippen LogP contribution in [-0.4, -0.2) is 44.3 Å². The first-order chi connectivity index (χ1) is 11.8. The fraction of sp³-hybridized carbons (Fsp3) is 0.444. The minimum atomic E-state index is -1.26. The molecule has 0 aliphatic carbocycles. The van der Waals surface area contributed by atoms with Crippen molar-refractivity contribution >= 4 is 23.9 Å². The van der Waals surface area contributed by atoms with Crippen LogP contribution in [0.3, 0.4) is 0 Å². The SMILES string of the molecule is CCC(C)=C(C)C(=O)O.CCC(C)=C(C)C(=O)O.O=C(O)C=CC(=O)O. The lowest BCUT2D eigenvalue weighted by Gasteiger charge is -1.97. The zero-order valence-electron chi connectivity index (χ0n) is 16.0. The summed E-state index contributed by atoms with van der Waals surface area (Å²) in [6.07, 6.45) is 2.75. The quantitative estimate of drug-likeness (QED) is 0.518. The lowest BCUT2D eigenvalue weighted by molar-refractivity contribution is -0.134. The van der Waals surface area contributed by atoms with E-state index >= 15 is 0 Å². The van der Waals surface area contributed by atoms with Crippen LogP contribution in [0.1, 0.15) is 54.4 Å². The van der Waals surface area contributed by atoms with Crippen molar-refractivity contribution in [1.29, 1.82) is 0 Å². The van der Waals surface area contributed by atoms with Gasteiger partial charge in [0.25, 0.3) is 0 Å². The van der Waals surface area contributed by atoms with Crippen molar-refractivity contribution < 1.29 is 39.6 Å². The second-order valence-electron chi connectivity index (χ2n) is 5.14. The smallest absolute Gasteiger partial charge is 0.331 e. The van der Waals surface area contributed by atoms with E-state index in [0.29, 0.717) is 23.3 Å². The van der Waals surface area contributed by atoms with E-state index in [1.54, 1.807) is 13.8 Å². The first-order valence-corrected chi connectivity index (χ1v) is 7.74. The second-order valence-corrected chi connectivity index (χ2v) is 5.14. The number of aliphatic carboxylic acids is 4. The van der Waals surface area contributed by atoms with Crippen molar-refractivity contribution in [3.05, 3.63) is 34.4 Å². The molecule has 0 aliphatic rings. The molecule has 0 fully saturated rings. The molecule has 4 N–H and O–H groups in total. The Labute approximate surface area is 153 Å². The Balaban J connectivity index is -0.000000306. The van der Waals surface area contributed by atoms with Gasteiger partial charge in [0.1, 0.15) is 0 Å². The van der Waals surface area contributed by atoms with Crippen molar-refractivity contribution in [2.24, 2.45) is 0 Å². The lowest BCUT2D eigenvalue weighted by Crippen LogP contribution is -1.98. The summed E-state index contributed by atoms with van der Waals surface area (Å²) in [5, 5.41) is 32.5. The molecular weight excluding hydrogens is 344 g/mol. The molecule has 0 aromatic carbocycles. The molecule has 0 spiro atoms. The van der Waals surface area contributed by atoms with Gasteiger partial charge in [0.05, 0.1) is 0 Å². The minimum Gasteiger partial charge on any atom is -0.478 e. The first kappa shape index (κ1) is 27.9.